The van der Waals surface area contributed by atoms with Crippen molar-refractivity contribution in [3.8, 4) is 11.1 Å². The molecule has 4 aromatic carbocycles. The summed E-state index contributed by atoms with van der Waals surface area (Å²) in [5.41, 5.74) is 1.32. The summed E-state index contributed by atoms with van der Waals surface area (Å²) in [6.45, 7) is 0. The van der Waals surface area contributed by atoms with Gasteiger partial charge in [-0.15, -0.1) is 0 Å². The summed E-state index contributed by atoms with van der Waals surface area (Å²) in [5, 5.41) is 2.73. The van der Waals surface area contributed by atoms with Gasteiger partial charge in [-0.1, -0.05) is 42.5 Å². The zero-order chi connectivity index (χ0) is 27.8. The third-order valence-electron chi connectivity index (χ3n) is 6.53. The number of fused-ring (bicyclic) bond motifs is 1. The van der Waals surface area contributed by atoms with Crippen LogP contribution in [0.3, 0.4) is 0 Å². The van der Waals surface area contributed by atoms with E-state index < -0.39 is 33.5 Å². The molecule has 1 unspecified atom stereocenters. The van der Waals surface area contributed by atoms with Gasteiger partial charge in [0.2, 0.25) is 10.0 Å². The highest BCUT2D eigenvalue weighted by Crippen LogP contribution is 2.33. The van der Waals surface area contributed by atoms with E-state index in [-0.39, 0.29) is 27.6 Å². The molecular weight excluding hydrogens is 532 g/mol. The first-order valence-electron chi connectivity index (χ1n) is 12.0. The minimum absolute atomic E-state index is 0.0382. The first kappa shape index (κ1) is 26.6. The maximum Gasteiger partial charge on any atom is 0.416 e. The van der Waals surface area contributed by atoms with Gasteiger partial charge in [-0.25, -0.2) is 17.5 Å². The minimum Gasteiger partial charge on any atom is -0.322 e. The summed E-state index contributed by atoms with van der Waals surface area (Å²) in [4.78, 5) is 13.3. The second-order valence-corrected chi connectivity index (χ2v) is 10.9. The monoisotopic (exact) mass is 554 g/mol. The van der Waals surface area contributed by atoms with Crippen molar-refractivity contribution in [2.24, 2.45) is 0 Å². The Hall–Kier alpha value is -4.02. The van der Waals surface area contributed by atoms with Crippen LogP contribution in [0.2, 0.25) is 0 Å². The summed E-state index contributed by atoms with van der Waals surface area (Å²) in [5.74, 6) is -1.38. The molecule has 1 aliphatic carbocycles. The second-order valence-electron chi connectivity index (χ2n) is 9.21. The number of carbonyl (C=O) groups is 1. The molecule has 0 aromatic heterocycles. The summed E-state index contributed by atoms with van der Waals surface area (Å²) in [6, 6.07) is 20.7. The van der Waals surface area contributed by atoms with E-state index in [9.17, 15) is 30.8 Å². The quantitative estimate of drug-likeness (QED) is 0.279. The Balaban J connectivity index is 1.33. The fourth-order valence-corrected chi connectivity index (χ4v) is 5.95. The molecule has 1 amide bonds. The van der Waals surface area contributed by atoms with Gasteiger partial charge in [-0.2, -0.15) is 13.2 Å². The Morgan fingerprint density at radius 1 is 0.821 bits per heavy atom. The third kappa shape index (κ3) is 5.71. The first-order chi connectivity index (χ1) is 18.5. The molecule has 1 atom stereocenters. The van der Waals surface area contributed by atoms with Crippen LogP contribution < -0.4 is 10.0 Å². The highest BCUT2D eigenvalue weighted by atomic mass is 32.2. The molecular formula is C29H22F4N2O3S. The average Bonchev–Trinajstić information content (AvgIpc) is 3.29. The molecule has 0 saturated heterocycles. The normalized spacial score (nSPS) is 15.1. The van der Waals surface area contributed by atoms with Gasteiger partial charge >= 0.3 is 6.18 Å². The lowest BCUT2D eigenvalue weighted by Gasteiger charge is -2.13. The molecule has 0 saturated carbocycles. The van der Waals surface area contributed by atoms with Crippen molar-refractivity contribution >= 4 is 21.6 Å². The molecule has 39 heavy (non-hydrogen) atoms. The molecule has 0 heterocycles. The van der Waals surface area contributed by atoms with Gasteiger partial charge in [0.05, 0.1) is 16.0 Å². The van der Waals surface area contributed by atoms with Gasteiger partial charge < -0.3 is 5.32 Å². The highest BCUT2D eigenvalue weighted by molar-refractivity contribution is 7.89. The van der Waals surface area contributed by atoms with Crippen molar-refractivity contribution < 1.29 is 30.8 Å². The fourth-order valence-electron chi connectivity index (χ4n) is 4.70. The zero-order valence-electron chi connectivity index (χ0n) is 20.3. The molecule has 5 nitrogen and oxygen atoms in total. The maximum atomic E-state index is 14.8. The van der Waals surface area contributed by atoms with E-state index in [0.29, 0.717) is 18.5 Å². The summed E-state index contributed by atoms with van der Waals surface area (Å²) >= 11 is 0. The van der Waals surface area contributed by atoms with Crippen molar-refractivity contribution in [3.05, 3.63) is 119 Å². The number of sulfonamides is 1. The molecule has 0 radical (unpaired) electrons. The number of hydrogen-bond donors (Lipinski definition) is 2. The largest absolute Gasteiger partial charge is 0.416 e. The lowest BCUT2D eigenvalue weighted by molar-refractivity contribution is -0.137. The van der Waals surface area contributed by atoms with Gasteiger partial charge in [0, 0.05) is 17.3 Å². The number of halogens is 4. The smallest absolute Gasteiger partial charge is 0.322 e. The topological polar surface area (TPSA) is 75.3 Å². The number of benzene rings is 4. The van der Waals surface area contributed by atoms with E-state index in [1.807, 2.05) is 0 Å². The van der Waals surface area contributed by atoms with Gasteiger partial charge in [-0.05, 0) is 78.1 Å². The van der Waals surface area contributed by atoms with Crippen molar-refractivity contribution in [2.45, 2.75) is 30.0 Å². The number of anilines is 1. The Labute approximate surface area is 222 Å². The predicted molar refractivity (Wildman–Crippen MR) is 139 cm³/mol. The first-order valence-corrected chi connectivity index (χ1v) is 13.5. The number of hydrogen-bond acceptors (Lipinski definition) is 3. The third-order valence-corrected chi connectivity index (χ3v) is 8.07. The predicted octanol–water partition coefficient (Wildman–Crippen LogP) is 6.21. The molecule has 10 heteroatoms. The van der Waals surface area contributed by atoms with E-state index in [0.717, 1.165) is 41.5 Å². The van der Waals surface area contributed by atoms with Crippen LogP contribution in [0.25, 0.3) is 11.1 Å². The van der Waals surface area contributed by atoms with Gasteiger partial charge in [0.15, 0.2) is 0 Å². The molecule has 0 aliphatic heterocycles. The molecule has 0 spiro atoms. The van der Waals surface area contributed by atoms with Crippen LogP contribution in [0, 0.1) is 5.82 Å². The van der Waals surface area contributed by atoms with Crippen LogP contribution in [0.4, 0.5) is 23.2 Å². The average molecular weight is 555 g/mol. The van der Waals surface area contributed by atoms with E-state index in [2.05, 4.69) is 10.0 Å². The van der Waals surface area contributed by atoms with E-state index in [1.54, 1.807) is 36.4 Å². The van der Waals surface area contributed by atoms with Crippen molar-refractivity contribution in [1.82, 2.24) is 4.72 Å². The fraction of sp³-hybridized carbons (Fsp3) is 0.138. The van der Waals surface area contributed by atoms with Crippen molar-refractivity contribution in [1.29, 1.82) is 0 Å². The van der Waals surface area contributed by atoms with E-state index in [1.165, 1.54) is 24.3 Å². The Morgan fingerprint density at radius 2 is 1.51 bits per heavy atom. The van der Waals surface area contributed by atoms with Crippen LogP contribution in [0.15, 0.2) is 95.9 Å². The molecule has 2 N–H and O–H groups in total. The maximum absolute atomic E-state index is 14.8. The zero-order valence-corrected chi connectivity index (χ0v) is 21.1. The molecule has 4 aromatic rings. The lowest BCUT2D eigenvalue weighted by atomic mass is 9.97. The Morgan fingerprint density at radius 3 is 2.21 bits per heavy atom. The van der Waals surface area contributed by atoms with E-state index in [4.69, 9.17) is 0 Å². The molecule has 1 aliphatic rings. The van der Waals surface area contributed by atoms with E-state index >= 15 is 0 Å². The standard InChI is InChI=1S/C29H22F4N2O3S/c30-26-8-4-7-25(27(26)18-9-12-21(13-10-18)29(31,32)33)28(36)34-22-14-11-19-15-23(17-20(19)16-22)35-39(37,38)24-5-2-1-3-6-24/h1-14,16,23,35H,15,17H2,(H,34,36). The minimum atomic E-state index is -4.54. The van der Waals surface area contributed by atoms with Crippen molar-refractivity contribution in [2.75, 3.05) is 5.32 Å². The number of carbonyl (C=O) groups excluding carboxylic acids is 1. The van der Waals surface area contributed by atoms with Crippen LogP contribution in [-0.4, -0.2) is 20.4 Å². The number of nitrogens with one attached hydrogen (secondary N) is 2. The molecule has 0 fully saturated rings. The number of alkyl halides is 3. The van der Waals surface area contributed by atoms with Gasteiger partial charge in [0.1, 0.15) is 5.82 Å². The van der Waals surface area contributed by atoms with Crippen LogP contribution in [-0.2, 0) is 29.0 Å². The van der Waals surface area contributed by atoms with Crippen LogP contribution in [0.5, 0.6) is 0 Å². The Kier molecular flexibility index (Phi) is 7.00. The molecule has 200 valence electrons. The van der Waals surface area contributed by atoms with Crippen LogP contribution >= 0.6 is 0 Å². The second kappa shape index (κ2) is 10.3. The van der Waals surface area contributed by atoms with Gasteiger partial charge in [0.25, 0.3) is 5.91 Å². The van der Waals surface area contributed by atoms with Gasteiger partial charge in [-0.3, -0.25) is 4.79 Å². The SMILES string of the molecule is O=C(Nc1ccc2c(c1)CC(NS(=O)(=O)c1ccccc1)C2)c1cccc(F)c1-c1ccc(C(F)(F)F)cc1. The van der Waals surface area contributed by atoms with Crippen LogP contribution in [0.1, 0.15) is 27.0 Å². The summed E-state index contributed by atoms with van der Waals surface area (Å²) in [6.07, 6.45) is -3.64. The summed E-state index contributed by atoms with van der Waals surface area (Å²) < 4.78 is 81.8. The van der Waals surface area contributed by atoms with Crippen molar-refractivity contribution in [3.63, 3.8) is 0 Å². The Bertz CT molecular complexity index is 1640. The molecule has 5 rings (SSSR count). The lowest BCUT2D eigenvalue weighted by Crippen LogP contribution is -2.35. The highest BCUT2D eigenvalue weighted by Gasteiger charge is 2.30. The summed E-state index contributed by atoms with van der Waals surface area (Å²) in [7, 11) is -3.69. The number of rotatable bonds is 6. The number of amides is 1. The molecule has 0 bridgehead atoms.